The summed E-state index contributed by atoms with van der Waals surface area (Å²) in [6.07, 6.45) is -27.2. The van der Waals surface area contributed by atoms with Crippen molar-refractivity contribution in [3.8, 4) is 23.0 Å². The van der Waals surface area contributed by atoms with E-state index in [2.05, 4.69) is 9.47 Å². The van der Waals surface area contributed by atoms with Crippen molar-refractivity contribution in [3.63, 3.8) is 0 Å². The summed E-state index contributed by atoms with van der Waals surface area (Å²) in [5.74, 6) is -6.24. The third-order valence-electron chi connectivity index (χ3n) is 5.23. The molecule has 3 aromatic carbocycles. The summed E-state index contributed by atoms with van der Waals surface area (Å²) in [5, 5.41) is 0. The van der Waals surface area contributed by atoms with E-state index >= 15 is 0 Å². The van der Waals surface area contributed by atoms with Gasteiger partial charge in [0.1, 0.15) is 39.7 Å². The average Bonchev–Trinajstić information content (AvgIpc) is 2.78. The van der Waals surface area contributed by atoms with Crippen LogP contribution in [0.1, 0.15) is 27.8 Å². The SMILES string of the molecule is Nc1cc(C(F)(F)F)c(Oc2ccc(Oc3cc(C(F)(F)F)c(N)cc3C(F)(F)F)c(C(F)(F)F)c2)cc1C(F)(F)F. The van der Waals surface area contributed by atoms with Crippen LogP contribution in [0.15, 0.2) is 42.5 Å². The van der Waals surface area contributed by atoms with Crippen LogP contribution in [0.25, 0.3) is 0 Å². The molecule has 0 saturated carbocycles. The third-order valence-corrected chi connectivity index (χ3v) is 5.23. The van der Waals surface area contributed by atoms with E-state index in [1.54, 1.807) is 0 Å². The highest BCUT2D eigenvalue weighted by Gasteiger charge is 2.43. The molecule has 0 spiro atoms. The topological polar surface area (TPSA) is 70.5 Å². The van der Waals surface area contributed by atoms with E-state index in [-0.39, 0.29) is 36.4 Å². The minimum Gasteiger partial charge on any atom is -0.457 e. The number of anilines is 2. The van der Waals surface area contributed by atoms with E-state index in [0.29, 0.717) is 6.07 Å². The normalized spacial score (nSPS) is 13.3. The lowest BCUT2D eigenvalue weighted by molar-refractivity contribution is -0.142. The van der Waals surface area contributed by atoms with Crippen LogP contribution in [0.3, 0.4) is 0 Å². The lowest BCUT2D eigenvalue weighted by atomic mass is 10.1. The fourth-order valence-electron chi connectivity index (χ4n) is 3.42. The van der Waals surface area contributed by atoms with Gasteiger partial charge in [-0.1, -0.05) is 0 Å². The summed E-state index contributed by atoms with van der Waals surface area (Å²) >= 11 is 0. The van der Waals surface area contributed by atoms with Gasteiger partial charge in [-0.05, 0) is 42.5 Å². The average molecular weight is 632 g/mol. The lowest BCUT2D eigenvalue weighted by Gasteiger charge is -2.21. The van der Waals surface area contributed by atoms with Gasteiger partial charge in [0.15, 0.2) is 0 Å². The van der Waals surface area contributed by atoms with Crippen LogP contribution in [-0.2, 0) is 30.9 Å². The Morgan fingerprint density at radius 3 is 1.07 bits per heavy atom. The molecule has 0 amide bonds. The number of hydrogen-bond donors (Lipinski definition) is 2. The van der Waals surface area contributed by atoms with Crippen LogP contribution in [0.2, 0.25) is 0 Å². The van der Waals surface area contributed by atoms with Gasteiger partial charge in [0.05, 0.1) is 11.1 Å². The summed E-state index contributed by atoms with van der Waals surface area (Å²) in [4.78, 5) is 0. The van der Waals surface area contributed by atoms with Crippen LogP contribution >= 0.6 is 0 Å². The first kappa shape index (κ1) is 32.3. The van der Waals surface area contributed by atoms with Gasteiger partial charge in [-0.25, -0.2) is 0 Å². The first-order chi connectivity index (χ1) is 18.8. The van der Waals surface area contributed by atoms with Crippen molar-refractivity contribution in [2.75, 3.05) is 11.5 Å². The van der Waals surface area contributed by atoms with E-state index in [1.807, 2.05) is 0 Å². The zero-order valence-electron chi connectivity index (χ0n) is 19.7. The largest absolute Gasteiger partial charge is 0.457 e. The van der Waals surface area contributed by atoms with E-state index in [9.17, 15) is 65.9 Å². The summed E-state index contributed by atoms with van der Waals surface area (Å²) in [7, 11) is 0. The first-order valence-electron chi connectivity index (χ1n) is 10.5. The van der Waals surface area contributed by atoms with Crippen molar-refractivity contribution in [1.82, 2.24) is 0 Å². The Balaban J connectivity index is 2.18. The Kier molecular flexibility index (Phi) is 7.90. The monoisotopic (exact) mass is 632 g/mol. The molecule has 0 fully saturated rings. The Bertz CT molecular complexity index is 1480. The van der Waals surface area contributed by atoms with Crippen LogP contribution in [-0.4, -0.2) is 0 Å². The Morgan fingerprint density at radius 1 is 0.381 bits per heavy atom. The van der Waals surface area contributed by atoms with Gasteiger partial charge in [-0.15, -0.1) is 0 Å². The van der Waals surface area contributed by atoms with Gasteiger partial charge in [-0.3, -0.25) is 0 Å². The molecule has 4 nitrogen and oxygen atoms in total. The number of nitrogens with two attached hydrogens (primary N) is 2. The van der Waals surface area contributed by atoms with Gasteiger partial charge in [0.25, 0.3) is 0 Å². The minimum absolute atomic E-state index is 0.158. The third kappa shape index (κ3) is 6.99. The second-order valence-electron chi connectivity index (χ2n) is 8.22. The molecular weight excluding hydrogens is 621 g/mol. The van der Waals surface area contributed by atoms with Gasteiger partial charge >= 0.3 is 30.9 Å². The summed E-state index contributed by atoms with van der Waals surface area (Å²) < 4.78 is 210. The number of halogens is 15. The molecule has 19 heteroatoms. The van der Waals surface area contributed by atoms with Gasteiger partial charge in [0.2, 0.25) is 0 Å². The molecule has 230 valence electrons. The van der Waals surface area contributed by atoms with Crippen molar-refractivity contribution in [2.24, 2.45) is 0 Å². The van der Waals surface area contributed by atoms with Crippen molar-refractivity contribution >= 4 is 11.4 Å². The first-order valence-corrected chi connectivity index (χ1v) is 10.5. The Labute approximate surface area is 223 Å². The molecule has 0 bridgehead atoms. The molecule has 0 unspecified atom stereocenters. The molecule has 3 rings (SSSR count). The van der Waals surface area contributed by atoms with E-state index in [0.717, 1.165) is 0 Å². The van der Waals surface area contributed by atoms with Crippen LogP contribution < -0.4 is 20.9 Å². The van der Waals surface area contributed by atoms with Crippen molar-refractivity contribution < 1.29 is 75.3 Å². The molecule has 0 aliphatic carbocycles. The second-order valence-corrected chi connectivity index (χ2v) is 8.22. The summed E-state index contributed by atoms with van der Waals surface area (Å²) in [6, 6.07) is -0.613. The van der Waals surface area contributed by atoms with Gasteiger partial charge < -0.3 is 20.9 Å². The molecule has 42 heavy (non-hydrogen) atoms. The predicted octanol–water partition coefficient (Wildman–Crippen LogP) is 9.53. The van der Waals surface area contributed by atoms with Crippen LogP contribution in [0, 0.1) is 0 Å². The zero-order valence-corrected chi connectivity index (χ0v) is 19.7. The standard InChI is InChI=1S/C23H11F15N2O2/c24-19(25,26)9-6-17(12(4-14(9)39)22(33,34)35)41-8-1-2-16(11(3-8)21(30,31)32)42-18-7-10(20(27,28)29)15(40)5-13(18)23(36,37)38/h1-7H,39-40H2. The van der Waals surface area contributed by atoms with Crippen molar-refractivity contribution in [1.29, 1.82) is 0 Å². The predicted molar refractivity (Wildman–Crippen MR) is 113 cm³/mol. The molecule has 4 N–H and O–H groups in total. The fraction of sp³-hybridized carbons (Fsp3) is 0.217. The minimum atomic E-state index is -5.60. The molecule has 0 saturated heterocycles. The van der Waals surface area contributed by atoms with Crippen molar-refractivity contribution in [3.05, 3.63) is 70.3 Å². The number of nitrogen functional groups attached to an aromatic ring is 2. The second kappa shape index (κ2) is 10.3. The molecular formula is C23H11F15N2O2. The molecule has 3 aromatic rings. The summed E-state index contributed by atoms with van der Waals surface area (Å²) in [6.45, 7) is 0. The van der Waals surface area contributed by atoms with Crippen LogP contribution in [0.5, 0.6) is 23.0 Å². The molecule has 0 heterocycles. The zero-order chi connectivity index (χ0) is 32.2. The number of benzene rings is 3. The molecule has 0 aliphatic heterocycles. The quantitative estimate of drug-likeness (QED) is 0.222. The van der Waals surface area contributed by atoms with Gasteiger partial charge in [-0.2, -0.15) is 65.9 Å². The molecule has 0 aliphatic rings. The molecule has 0 atom stereocenters. The number of rotatable bonds is 4. The highest BCUT2D eigenvalue weighted by Crippen LogP contribution is 2.48. The number of ether oxygens (including phenoxy) is 2. The lowest BCUT2D eigenvalue weighted by Crippen LogP contribution is -2.15. The van der Waals surface area contributed by atoms with Crippen molar-refractivity contribution in [2.45, 2.75) is 30.9 Å². The highest BCUT2D eigenvalue weighted by atomic mass is 19.4. The number of alkyl halides is 15. The Morgan fingerprint density at radius 2 is 0.714 bits per heavy atom. The van der Waals surface area contributed by atoms with Gasteiger partial charge in [0, 0.05) is 11.4 Å². The molecule has 0 aromatic heterocycles. The van der Waals surface area contributed by atoms with Crippen LogP contribution in [0.4, 0.5) is 77.2 Å². The van der Waals surface area contributed by atoms with E-state index in [1.165, 1.54) is 0 Å². The maximum Gasteiger partial charge on any atom is 0.420 e. The fourth-order valence-corrected chi connectivity index (χ4v) is 3.42. The maximum atomic E-state index is 13.8. The maximum absolute atomic E-state index is 13.8. The van der Waals surface area contributed by atoms with E-state index in [4.69, 9.17) is 11.5 Å². The number of hydrogen-bond acceptors (Lipinski definition) is 4. The molecule has 0 radical (unpaired) electrons. The van der Waals surface area contributed by atoms with E-state index < -0.39 is 93.1 Å². The Hall–Kier alpha value is -4.19. The highest BCUT2D eigenvalue weighted by molar-refractivity contribution is 5.59. The summed E-state index contributed by atoms with van der Waals surface area (Å²) in [5.41, 5.74) is -2.57. The smallest absolute Gasteiger partial charge is 0.420 e.